The first-order valence-electron chi connectivity index (χ1n) is 8.12. The summed E-state index contributed by atoms with van der Waals surface area (Å²) in [5.41, 5.74) is -0.0955. The maximum atomic E-state index is 9.76. The topological polar surface area (TPSA) is 35.5 Å². The molecule has 1 atom stereocenters. The van der Waals surface area contributed by atoms with Gasteiger partial charge in [0.15, 0.2) is 5.11 Å². The lowest BCUT2D eigenvalue weighted by molar-refractivity contribution is 0.143. The molecule has 0 unspecified atom stereocenters. The molecule has 1 aromatic carbocycles. The van der Waals surface area contributed by atoms with Crippen LogP contribution in [0.15, 0.2) is 36.4 Å². The quantitative estimate of drug-likeness (QED) is 0.527. The Balaban J connectivity index is 1.73. The largest absolute Gasteiger partial charge is 0.378 e. The first kappa shape index (κ1) is 19.5. The zero-order valence-corrected chi connectivity index (χ0v) is 17.7. The molecule has 1 aliphatic heterocycles. The lowest BCUT2D eigenvalue weighted by Gasteiger charge is -2.26. The van der Waals surface area contributed by atoms with Crippen LogP contribution in [0.3, 0.4) is 0 Å². The van der Waals surface area contributed by atoms with Crippen LogP contribution in [0.5, 0.6) is 0 Å². The third-order valence-electron chi connectivity index (χ3n) is 3.59. The highest BCUT2D eigenvalue weighted by Gasteiger charge is 2.29. The number of benzene rings is 1. The molecule has 3 nitrogen and oxygen atoms in total. The molecule has 3 rings (SSSR count). The second-order valence-electron chi connectivity index (χ2n) is 6.37. The van der Waals surface area contributed by atoms with Crippen LogP contribution >= 0.6 is 46.9 Å². The number of thiophene rings is 1. The molecule has 1 saturated heterocycles. The minimum absolute atomic E-state index is 0.178. The Labute approximate surface area is 172 Å². The second kappa shape index (κ2) is 8.20. The number of nitrogens with zero attached hydrogens (tertiary/aromatic N) is 1. The van der Waals surface area contributed by atoms with Crippen LogP contribution in [0, 0.1) is 11.8 Å². The van der Waals surface area contributed by atoms with Crippen molar-refractivity contribution in [3.05, 3.63) is 51.2 Å². The highest BCUT2D eigenvalue weighted by atomic mass is 35.5. The number of hydrogen-bond acceptors (Lipinski definition) is 4. The van der Waals surface area contributed by atoms with Gasteiger partial charge in [-0.05, 0) is 56.4 Å². The Bertz CT molecular complexity index is 863. The van der Waals surface area contributed by atoms with E-state index in [0.717, 1.165) is 22.9 Å². The fourth-order valence-electron chi connectivity index (χ4n) is 2.44. The van der Waals surface area contributed by atoms with E-state index >= 15 is 0 Å². The molecule has 26 heavy (non-hydrogen) atoms. The van der Waals surface area contributed by atoms with E-state index in [0.29, 0.717) is 10.1 Å². The van der Waals surface area contributed by atoms with Crippen LogP contribution in [0.1, 0.15) is 29.0 Å². The van der Waals surface area contributed by atoms with Gasteiger partial charge in [-0.25, -0.2) is 0 Å². The van der Waals surface area contributed by atoms with Crippen LogP contribution in [0.25, 0.3) is 0 Å². The third-order valence-corrected chi connectivity index (χ3v) is 6.61. The highest BCUT2D eigenvalue weighted by Crippen LogP contribution is 2.41. The van der Waals surface area contributed by atoms with E-state index in [2.05, 4.69) is 28.1 Å². The predicted molar refractivity (Wildman–Crippen MR) is 117 cm³/mol. The summed E-state index contributed by atoms with van der Waals surface area (Å²) in [6, 6.07) is 11.6. The van der Waals surface area contributed by atoms with Crippen molar-refractivity contribution in [2.24, 2.45) is 0 Å². The molecule has 0 amide bonds. The van der Waals surface area contributed by atoms with E-state index in [9.17, 15) is 5.11 Å². The zero-order valence-electron chi connectivity index (χ0n) is 14.5. The highest BCUT2D eigenvalue weighted by molar-refractivity contribution is 7.99. The molecule has 1 fully saturated rings. The molecular formula is C19H19ClN2OS3. The van der Waals surface area contributed by atoms with Crippen LogP contribution in [-0.2, 0) is 0 Å². The molecule has 0 spiro atoms. The number of anilines is 1. The van der Waals surface area contributed by atoms with Crippen molar-refractivity contribution < 1.29 is 5.11 Å². The number of hydrogen-bond donors (Lipinski definition) is 2. The van der Waals surface area contributed by atoms with Crippen LogP contribution in [-0.4, -0.2) is 33.0 Å². The number of aliphatic hydroxyl groups is 1. The minimum atomic E-state index is -0.985. The van der Waals surface area contributed by atoms with Gasteiger partial charge in [0.1, 0.15) is 11.0 Å². The number of halogens is 1. The van der Waals surface area contributed by atoms with Crippen LogP contribution in [0.2, 0.25) is 5.02 Å². The van der Waals surface area contributed by atoms with E-state index in [-0.39, 0.29) is 5.37 Å². The molecule has 136 valence electrons. The normalized spacial score (nSPS) is 16.9. The number of thioether (sulfide) groups is 1. The predicted octanol–water partition coefficient (Wildman–Crippen LogP) is 4.97. The van der Waals surface area contributed by atoms with Gasteiger partial charge in [0, 0.05) is 27.9 Å². The number of nitrogens with one attached hydrogen (secondary N) is 1. The SMILES string of the molecule is CC(C)(O)C#Cc1ccc([C@@H]2SCCN2C(=S)Nc2cccc(Cl)c2)s1. The number of rotatable bonds is 2. The summed E-state index contributed by atoms with van der Waals surface area (Å²) >= 11 is 15.2. The summed E-state index contributed by atoms with van der Waals surface area (Å²) in [4.78, 5) is 4.35. The van der Waals surface area contributed by atoms with Crippen molar-refractivity contribution in [3.63, 3.8) is 0 Å². The van der Waals surface area contributed by atoms with Crippen molar-refractivity contribution in [1.29, 1.82) is 0 Å². The van der Waals surface area contributed by atoms with Crippen molar-refractivity contribution in [3.8, 4) is 11.8 Å². The first-order chi connectivity index (χ1) is 12.3. The van der Waals surface area contributed by atoms with Gasteiger partial charge < -0.3 is 15.3 Å². The second-order valence-corrected chi connectivity index (χ2v) is 9.49. The van der Waals surface area contributed by atoms with Crippen molar-refractivity contribution in [2.75, 3.05) is 17.6 Å². The van der Waals surface area contributed by atoms with E-state index in [1.807, 2.05) is 42.1 Å². The van der Waals surface area contributed by atoms with E-state index < -0.39 is 5.60 Å². The Hall–Kier alpha value is -1.23. The van der Waals surface area contributed by atoms with Gasteiger partial charge >= 0.3 is 0 Å². The Morgan fingerprint density at radius 3 is 2.92 bits per heavy atom. The van der Waals surface area contributed by atoms with Gasteiger partial charge in [-0.15, -0.1) is 23.1 Å². The summed E-state index contributed by atoms with van der Waals surface area (Å²) in [5, 5.41) is 14.6. The average molecular weight is 423 g/mol. The van der Waals surface area contributed by atoms with Gasteiger partial charge in [-0.2, -0.15) is 0 Å². The first-order valence-corrected chi connectivity index (χ1v) is 10.8. The monoisotopic (exact) mass is 422 g/mol. The molecule has 2 heterocycles. The van der Waals surface area contributed by atoms with Crippen LogP contribution < -0.4 is 5.32 Å². The smallest absolute Gasteiger partial charge is 0.174 e. The fraction of sp³-hybridized carbons (Fsp3) is 0.316. The Kier molecular flexibility index (Phi) is 6.16. The molecule has 0 aliphatic carbocycles. The Morgan fingerprint density at radius 2 is 2.19 bits per heavy atom. The van der Waals surface area contributed by atoms with E-state index in [1.54, 1.807) is 25.2 Å². The lowest BCUT2D eigenvalue weighted by Crippen LogP contribution is -2.33. The summed E-state index contributed by atoms with van der Waals surface area (Å²) in [6.07, 6.45) is 0. The van der Waals surface area contributed by atoms with Gasteiger partial charge in [0.2, 0.25) is 0 Å². The molecule has 1 aromatic heterocycles. The maximum Gasteiger partial charge on any atom is 0.174 e. The van der Waals surface area contributed by atoms with Crippen molar-refractivity contribution in [2.45, 2.75) is 24.8 Å². The fourth-order valence-corrected chi connectivity index (χ4v) is 5.38. The third kappa shape index (κ3) is 5.15. The van der Waals surface area contributed by atoms with E-state index in [1.165, 1.54) is 4.88 Å². The molecule has 7 heteroatoms. The van der Waals surface area contributed by atoms with Crippen molar-refractivity contribution >= 4 is 57.7 Å². The van der Waals surface area contributed by atoms with E-state index in [4.69, 9.17) is 23.8 Å². The summed E-state index contributed by atoms with van der Waals surface area (Å²) in [6.45, 7) is 4.26. The molecule has 1 aliphatic rings. The van der Waals surface area contributed by atoms with Crippen LogP contribution in [0.4, 0.5) is 5.69 Å². The van der Waals surface area contributed by atoms with Crippen molar-refractivity contribution in [1.82, 2.24) is 4.90 Å². The summed E-state index contributed by atoms with van der Waals surface area (Å²) in [5.74, 6) is 6.92. The van der Waals surface area contributed by atoms with Gasteiger partial charge in [0.25, 0.3) is 0 Å². The molecule has 0 radical (unpaired) electrons. The molecule has 2 aromatic rings. The zero-order chi connectivity index (χ0) is 18.7. The maximum absolute atomic E-state index is 9.76. The Morgan fingerprint density at radius 1 is 1.38 bits per heavy atom. The molecular weight excluding hydrogens is 404 g/mol. The molecule has 2 N–H and O–H groups in total. The summed E-state index contributed by atoms with van der Waals surface area (Å²) in [7, 11) is 0. The average Bonchev–Trinajstić information content (AvgIpc) is 3.21. The lowest BCUT2D eigenvalue weighted by atomic mass is 10.1. The summed E-state index contributed by atoms with van der Waals surface area (Å²) < 4.78 is 0. The molecule has 0 bridgehead atoms. The standard InChI is InChI=1S/C19H19ClN2OS3/c1-19(2,23)9-8-15-6-7-16(26-15)17-22(10-11-25-17)18(24)21-14-5-3-4-13(20)12-14/h3-7,12,17,23H,10-11H2,1-2H3,(H,21,24)/t17-/m0/s1. The number of thiocarbonyl (C=S) groups is 1. The minimum Gasteiger partial charge on any atom is -0.378 e. The van der Waals surface area contributed by atoms with Gasteiger partial charge in [-0.3, -0.25) is 0 Å². The van der Waals surface area contributed by atoms with Gasteiger partial charge in [0.05, 0.1) is 4.88 Å². The van der Waals surface area contributed by atoms with Gasteiger partial charge in [-0.1, -0.05) is 29.5 Å². The molecule has 0 saturated carbocycles.